The number of unbranched alkanes of at least 4 members (excludes halogenated alkanes) is 1. The summed E-state index contributed by atoms with van der Waals surface area (Å²) in [6, 6.07) is 0.617. The lowest BCUT2D eigenvalue weighted by molar-refractivity contribution is 0.00754. The third kappa shape index (κ3) is 8.48. The highest BCUT2D eigenvalue weighted by Crippen LogP contribution is 2.01. The molecular formula is C11H25NO2. The SMILES string of the molecule is CNC(C)CCCCOC(C)COC. The van der Waals surface area contributed by atoms with Gasteiger partial charge < -0.3 is 14.8 Å². The van der Waals surface area contributed by atoms with Crippen LogP contribution in [0.5, 0.6) is 0 Å². The molecule has 0 saturated heterocycles. The zero-order valence-electron chi connectivity index (χ0n) is 10.0. The highest BCUT2D eigenvalue weighted by molar-refractivity contribution is 4.56. The van der Waals surface area contributed by atoms with E-state index in [2.05, 4.69) is 12.2 Å². The first kappa shape index (κ1) is 13.9. The van der Waals surface area contributed by atoms with Gasteiger partial charge in [0.25, 0.3) is 0 Å². The number of rotatable bonds is 9. The molecule has 0 aromatic rings. The molecule has 1 N–H and O–H groups in total. The van der Waals surface area contributed by atoms with Crippen molar-refractivity contribution >= 4 is 0 Å². The summed E-state index contributed by atoms with van der Waals surface area (Å²) in [6.45, 7) is 5.78. The molecule has 3 heteroatoms. The van der Waals surface area contributed by atoms with Gasteiger partial charge in [-0.1, -0.05) is 0 Å². The van der Waals surface area contributed by atoms with Crippen molar-refractivity contribution in [3.8, 4) is 0 Å². The second-order valence-electron chi connectivity index (χ2n) is 3.82. The number of hydrogen-bond acceptors (Lipinski definition) is 3. The van der Waals surface area contributed by atoms with Crippen LogP contribution in [0.2, 0.25) is 0 Å². The van der Waals surface area contributed by atoms with E-state index in [1.54, 1.807) is 7.11 Å². The Balaban J connectivity index is 3.13. The molecule has 14 heavy (non-hydrogen) atoms. The Morgan fingerprint density at radius 2 is 1.93 bits per heavy atom. The summed E-state index contributed by atoms with van der Waals surface area (Å²) in [5.74, 6) is 0. The van der Waals surface area contributed by atoms with Crippen LogP contribution < -0.4 is 5.32 Å². The molecule has 0 spiro atoms. The topological polar surface area (TPSA) is 30.5 Å². The van der Waals surface area contributed by atoms with Gasteiger partial charge in [0.2, 0.25) is 0 Å². The van der Waals surface area contributed by atoms with Crippen molar-refractivity contribution in [3.63, 3.8) is 0 Å². The van der Waals surface area contributed by atoms with E-state index in [1.165, 1.54) is 12.8 Å². The molecule has 0 heterocycles. The van der Waals surface area contributed by atoms with Crippen molar-refractivity contribution in [3.05, 3.63) is 0 Å². The van der Waals surface area contributed by atoms with Crippen LogP contribution in [0.3, 0.4) is 0 Å². The molecule has 0 saturated carbocycles. The summed E-state index contributed by atoms with van der Waals surface area (Å²) in [5.41, 5.74) is 0. The van der Waals surface area contributed by atoms with Crippen molar-refractivity contribution in [2.24, 2.45) is 0 Å². The number of methoxy groups -OCH3 is 1. The van der Waals surface area contributed by atoms with Gasteiger partial charge in [-0.25, -0.2) is 0 Å². The standard InChI is InChI=1S/C11H25NO2/c1-10(12-3)7-5-6-8-14-11(2)9-13-4/h10-12H,5-9H2,1-4H3. The average molecular weight is 203 g/mol. The molecule has 2 atom stereocenters. The van der Waals surface area contributed by atoms with Crippen molar-refractivity contribution in [1.82, 2.24) is 5.32 Å². The molecule has 86 valence electrons. The van der Waals surface area contributed by atoms with Crippen LogP contribution in [0, 0.1) is 0 Å². The van der Waals surface area contributed by atoms with E-state index in [4.69, 9.17) is 9.47 Å². The Labute approximate surface area is 88.2 Å². The van der Waals surface area contributed by atoms with Crippen molar-refractivity contribution in [1.29, 1.82) is 0 Å². The molecule has 3 nitrogen and oxygen atoms in total. The molecule has 0 aliphatic carbocycles. The Morgan fingerprint density at radius 1 is 1.21 bits per heavy atom. The van der Waals surface area contributed by atoms with Gasteiger partial charge in [0.15, 0.2) is 0 Å². The lowest BCUT2D eigenvalue weighted by atomic mass is 10.1. The van der Waals surface area contributed by atoms with Gasteiger partial charge in [0.1, 0.15) is 0 Å². The van der Waals surface area contributed by atoms with Crippen LogP contribution in [0.15, 0.2) is 0 Å². The predicted octanol–water partition coefficient (Wildman–Crippen LogP) is 1.82. The molecule has 0 radical (unpaired) electrons. The summed E-state index contributed by atoms with van der Waals surface area (Å²) in [4.78, 5) is 0. The van der Waals surface area contributed by atoms with E-state index in [0.717, 1.165) is 13.0 Å². The van der Waals surface area contributed by atoms with E-state index >= 15 is 0 Å². The molecule has 0 rings (SSSR count). The second kappa shape index (κ2) is 9.44. The monoisotopic (exact) mass is 203 g/mol. The molecule has 2 unspecified atom stereocenters. The number of hydrogen-bond donors (Lipinski definition) is 1. The van der Waals surface area contributed by atoms with Gasteiger partial charge in [-0.15, -0.1) is 0 Å². The van der Waals surface area contributed by atoms with Crippen LogP contribution in [0.4, 0.5) is 0 Å². The van der Waals surface area contributed by atoms with Crippen LogP contribution in [-0.4, -0.2) is 39.5 Å². The first-order chi connectivity index (χ1) is 6.70. The lowest BCUT2D eigenvalue weighted by Gasteiger charge is -2.12. The first-order valence-electron chi connectivity index (χ1n) is 5.48. The fourth-order valence-corrected chi connectivity index (χ4v) is 1.26. The number of ether oxygens (including phenoxy) is 2. The van der Waals surface area contributed by atoms with Gasteiger partial charge in [0, 0.05) is 19.8 Å². The molecule has 0 aromatic carbocycles. The third-order valence-electron chi connectivity index (χ3n) is 2.33. The Hall–Kier alpha value is -0.120. The summed E-state index contributed by atoms with van der Waals surface area (Å²) in [6.07, 6.45) is 3.81. The van der Waals surface area contributed by atoms with E-state index in [1.807, 2.05) is 14.0 Å². The maximum atomic E-state index is 5.55. The minimum atomic E-state index is 0.224. The van der Waals surface area contributed by atoms with Gasteiger partial charge in [-0.2, -0.15) is 0 Å². The third-order valence-corrected chi connectivity index (χ3v) is 2.33. The Morgan fingerprint density at radius 3 is 2.50 bits per heavy atom. The molecular weight excluding hydrogens is 178 g/mol. The average Bonchev–Trinajstić information content (AvgIpc) is 2.17. The Bertz CT molecular complexity index is 120. The van der Waals surface area contributed by atoms with Gasteiger partial charge >= 0.3 is 0 Å². The highest BCUT2D eigenvalue weighted by Gasteiger charge is 2.01. The van der Waals surface area contributed by atoms with Gasteiger partial charge in [0.05, 0.1) is 12.7 Å². The van der Waals surface area contributed by atoms with Gasteiger partial charge in [-0.3, -0.25) is 0 Å². The summed E-state index contributed by atoms with van der Waals surface area (Å²) in [5, 5.41) is 3.22. The van der Waals surface area contributed by atoms with E-state index in [0.29, 0.717) is 12.6 Å². The summed E-state index contributed by atoms with van der Waals surface area (Å²) < 4.78 is 10.5. The van der Waals surface area contributed by atoms with Crippen molar-refractivity contribution in [2.75, 3.05) is 27.4 Å². The maximum absolute atomic E-state index is 5.55. The first-order valence-corrected chi connectivity index (χ1v) is 5.48. The van der Waals surface area contributed by atoms with Crippen molar-refractivity contribution in [2.45, 2.75) is 45.3 Å². The largest absolute Gasteiger partial charge is 0.382 e. The fraction of sp³-hybridized carbons (Fsp3) is 1.00. The summed E-state index contributed by atoms with van der Waals surface area (Å²) >= 11 is 0. The molecule has 0 aliphatic heterocycles. The van der Waals surface area contributed by atoms with Crippen molar-refractivity contribution < 1.29 is 9.47 Å². The zero-order valence-corrected chi connectivity index (χ0v) is 10.0. The van der Waals surface area contributed by atoms with Crippen LogP contribution in [0.1, 0.15) is 33.1 Å². The Kier molecular flexibility index (Phi) is 9.35. The lowest BCUT2D eigenvalue weighted by Crippen LogP contribution is -2.21. The molecule has 0 bridgehead atoms. The van der Waals surface area contributed by atoms with Crippen LogP contribution >= 0.6 is 0 Å². The molecule has 0 aliphatic rings. The fourth-order valence-electron chi connectivity index (χ4n) is 1.26. The highest BCUT2D eigenvalue weighted by atomic mass is 16.5. The minimum absolute atomic E-state index is 0.224. The van der Waals surface area contributed by atoms with E-state index < -0.39 is 0 Å². The second-order valence-corrected chi connectivity index (χ2v) is 3.82. The molecule has 0 aromatic heterocycles. The minimum Gasteiger partial charge on any atom is -0.382 e. The summed E-state index contributed by atoms with van der Waals surface area (Å²) in [7, 11) is 3.70. The smallest absolute Gasteiger partial charge is 0.0780 e. The van der Waals surface area contributed by atoms with Crippen LogP contribution in [-0.2, 0) is 9.47 Å². The molecule has 0 amide bonds. The normalized spacial score (nSPS) is 15.4. The van der Waals surface area contributed by atoms with E-state index in [9.17, 15) is 0 Å². The predicted molar refractivity (Wildman–Crippen MR) is 59.7 cm³/mol. The van der Waals surface area contributed by atoms with E-state index in [-0.39, 0.29) is 6.10 Å². The van der Waals surface area contributed by atoms with Gasteiger partial charge in [-0.05, 0) is 40.2 Å². The quantitative estimate of drug-likeness (QED) is 0.580. The number of nitrogens with one attached hydrogen (secondary N) is 1. The maximum Gasteiger partial charge on any atom is 0.0780 e. The van der Waals surface area contributed by atoms with Crippen LogP contribution in [0.25, 0.3) is 0 Å². The zero-order chi connectivity index (χ0) is 10.8. The molecule has 0 fully saturated rings.